The van der Waals surface area contributed by atoms with Gasteiger partial charge >= 0.3 is 21.6 Å². The van der Waals surface area contributed by atoms with E-state index in [0.717, 1.165) is 12.1 Å². The van der Waals surface area contributed by atoms with Crippen molar-refractivity contribution >= 4 is 27.7 Å². The second-order valence-electron chi connectivity index (χ2n) is 8.15. The normalized spacial score (nSPS) is 19.2. The lowest BCUT2D eigenvalue weighted by molar-refractivity contribution is -0.0500. The first-order chi connectivity index (χ1) is 14.6. The van der Waals surface area contributed by atoms with Crippen LogP contribution in [0, 0.1) is 0 Å². The van der Waals surface area contributed by atoms with Crippen LogP contribution in [0.3, 0.4) is 0 Å². The van der Waals surface area contributed by atoms with Crippen molar-refractivity contribution in [2.75, 3.05) is 5.01 Å². The lowest BCUT2D eigenvalue weighted by atomic mass is 9.94. The Balaban J connectivity index is 1.96. The van der Waals surface area contributed by atoms with E-state index >= 15 is 0 Å². The van der Waals surface area contributed by atoms with E-state index in [-0.39, 0.29) is 5.69 Å². The predicted molar refractivity (Wildman–Crippen MR) is 108 cm³/mol. The number of benzene rings is 1. The fourth-order valence-electron chi connectivity index (χ4n) is 4.24. The van der Waals surface area contributed by atoms with E-state index in [1.807, 2.05) is 18.9 Å². The summed E-state index contributed by atoms with van der Waals surface area (Å²) in [5.41, 5.74) is -6.31. The van der Waals surface area contributed by atoms with Gasteiger partial charge < -0.3 is 9.29 Å². The van der Waals surface area contributed by atoms with Crippen LogP contribution in [-0.4, -0.2) is 35.2 Å². The Hall–Kier alpha value is -2.73. The lowest BCUT2D eigenvalue weighted by Gasteiger charge is -2.44. The molecule has 0 saturated carbocycles. The molecular formula is C19H16ClF3N2O6S. The van der Waals surface area contributed by atoms with Crippen molar-refractivity contribution in [2.45, 2.75) is 43.8 Å². The monoisotopic (exact) mass is 492 g/mol. The van der Waals surface area contributed by atoms with Crippen molar-refractivity contribution in [2.24, 2.45) is 0 Å². The Morgan fingerprint density at radius 2 is 1.94 bits per heavy atom. The van der Waals surface area contributed by atoms with Crippen molar-refractivity contribution < 1.29 is 35.7 Å². The SMILES string of the molecule is CC1(C)CC[C@@H]2c3cc(OS(=O)(=O)C(F)(F)F)c(Cl)cc3-c3cc(=O)c(C(=O)O)cn3N21. The van der Waals surface area contributed by atoms with E-state index in [0.29, 0.717) is 24.0 Å². The third kappa shape index (κ3) is 3.32. The molecule has 1 fully saturated rings. The van der Waals surface area contributed by atoms with Crippen molar-refractivity contribution in [1.82, 2.24) is 4.68 Å². The van der Waals surface area contributed by atoms with Gasteiger partial charge in [-0.25, -0.2) is 4.79 Å². The summed E-state index contributed by atoms with van der Waals surface area (Å²) in [7, 11) is -5.95. The molecule has 1 aromatic heterocycles. The molecule has 0 radical (unpaired) electrons. The molecule has 0 bridgehead atoms. The molecule has 0 unspecified atom stereocenters. The van der Waals surface area contributed by atoms with Gasteiger partial charge in [0.05, 0.1) is 22.3 Å². The molecule has 1 saturated heterocycles. The summed E-state index contributed by atoms with van der Waals surface area (Å²) in [6, 6.07) is 2.99. The number of nitrogens with zero attached hydrogens (tertiary/aromatic N) is 2. The average Bonchev–Trinajstić information content (AvgIpc) is 2.97. The average molecular weight is 493 g/mol. The first kappa shape index (κ1) is 22.5. The number of carboxylic acids is 1. The highest BCUT2D eigenvalue weighted by Gasteiger charge is 2.49. The quantitative estimate of drug-likeness (QED) is 0.515. The van der Waals surface area contributed by atoms with E-state index < -0.39 is 54.9 Å². The molecule has 3 heterocycles. The molecule has 172 valence electrons. The molecule has 4 rings (SSSR count). The van der Waals surface area contributed by atoms with Gasteiger partial charge in [0, 0.05) is 17.8 Å². The maximum Gasteiger partial charge on any atom is 0.534 e. The van der Waals surface area contributed by atoms with Gasteiger partial charge in [0.1, 0.15) is 5.56 Å². The van der Waals surface area contributed by atoms with Crippen LogP contribution in [0.1, 0.15) is 48.7 Å². The summed E-state index contributed by atoms with van der Waals surface area (Å²) in [6.07, 6.45) is 2.36. The summed E-state index contributed by atoms with van der Waals surface area (Å²) >= 11 is 6.05. The molecule has 8 nitrogen and oxygen atoms in total. The smallest absolute Gasteiger partial charge is 0.477 e. The van der Waals surface area contributed by atoms with Crippen molar-refractivity contribution in [1.29, 1.82) is 0 Å². The summed E-state index contributed by atoms with van der Waals surface area (Å²) < 4.78 is 67.2. The molecular weight excluding hydrogens is 477 g/mol. The van der Waals surface area contributed by atoms with Crippen LogP contribution >= 0.6 is 11.6 Å². The second-order valence-corrected chi connectivity index (χ2v) is 10.1. The first-order valence-corrected chi connectivity index (χ1v) is 11.1. The van der Waals surface area contributed by atoms with Crippen molar-refractivity contribution in [3.05, 3.63) is 50.8 Å². The number of hydrogen-bond acceptors (Lipinski definition) is 6. The largest absolute Gasteiger partial charge is 0.534 e. The third-order valence-corrected chi connectivity index (χ3v) is 6.92. The predicted octanol–water partition coefficient (Wildman–Crippen LogP) is 3.66. The molecule has 2 aliphatic rings. The Kier molecular flexibility index (Phi) is 4.83. The van der Waals surface area contributed by atoms with Crippen LogP contribution in [-0.2, 0) is 10.1 Å². The van der Waals surface area contributed by atoms with Crippen LogP contribution in [0.25, 0.3) is 11.3 Å². The van der Waals surface area contributed by atoms with Gasteiger partial charge in [-0.05, 0) is 44.4 Å². The highest BCUT2D eigenvalue weighted by Crippen LogP contribution is 2.50. The molecule has 1 N–H and O–H groups in total. The number of pyridine rings is 1. The Labute approximate surface area is 184 Å². The number of aromatic carboxylic acids is 1. The Morgan fingerprint density at radius 3 is 2.53 bits per heavy atom. The fourth-order valence-corrected chi connectivity index (χ4v) is 4.95. The number of rotatable bonds is 3. The molecule has 13 heteroatoms. The second kappa shape index (κ2) is 6.88. The highest BCUT2D eigenvalue weighted by molar-refractivity contribution is 7.88. The molecule has 0 spiro atoms. The molecule has 1 atom stereocenters. The topological polar surface area (TPSA) is 106 Å². The van der Waals surface area contributed by atoms with E-state index in [2.05, 4.69) is 4.18 Å². The van der Waals surface area contributed by atoms with Gasteiger partial charge in [0.15, 0.2) is 11.2 Å². The summed E-state index contributed by atoms with van der Waals surface area (Å²) in [6.45, 7) is 3.78. The van der Waals surface area contributed by atoms with Crippen molar-refractivity contribution in [3.8, 4) is 17.0 Å². The van der Waals surface area contributed by atoms with Crippen LogP contribution in [0.15, 0.2) is 29.2 Å². The minimum Gasteiger partial charge on any atom is -0.477 e. The summed E-state index contributed by atoms with van der Waals surface area (Å²) in [5, 5.41) is 10.8. The number of fused-ring (bicyclic) bond motifs is 6. The van der Waals surface area contributed by atoms with Crippen LogP contribution < -0.4 is 14.6 Å². The maximum atomic E-state index is 12.8. The van der Waals surface area contributed by atoms with Gasteiger partial charge in [-0.15, -0.1) is 0 Å². The van der Waals surface area contributed by atoms with Crippen molar-refractivity contribution in [3.63, 3.8) is 0 Å². The summed E-state index contributed by atoms with van der Waals surface area (Å²) in [5.74, 6) is -2.09. The number of halogens is 4. The lowest BCUT2D eigenvalue weighted by Crippen LogP contribution is -2.50. The number of carbonyl (C=O) groups is 1. The minimum absolute atomic E-state index is 0.272. The maximum absolute atomic E-state index is 12.8. The molecule has 32 heavy (non-hydrogen) atoms. The first-order valence-electron chi connectivity index (χ1n) is 9.28. The number of alkyl halides is 3. The van der Waals surface area contributed by atoms with E-state index in [1.54, 1.807) is 0 Å². The zero-order valence-electron chi connectivity index (χ0n) is 16.6. The number of aromatic nitrogens is 1. The molecule has 2 aliphatic heterocycles. The highest BCUT2D eigenvalue weighted by atomic mass is 35.5. The number of carboxylic acid groups (broad SMARTS) is 1. The molecule has 0 aliphatic carbocycles. The Bertz CT molecular complexity index is 1320. The number of hydrogen-bond donors (Lipinski definition) is 1. The van der Waals surface area contributed by atoms with Gasteiger partial charge in [0.2, 0.25) is 0 Å². The van der Waals surface area contributed by atoms with E-state index in [9.17, 15) is 36.3 Å². The third-order valence-electron chi connectivity index (χ3n) is 5.66. The standard InChI is InChI=1S/C19H16ClF3N2O6S/c1-18(2)4-3-13-10-6-16(31-32(29,30)19(21,22)23)12(20)5-9(10)14-7-15(26)11(17(27)28)8-24(14)25(13)18/h5-8,13H,3-4H2,1-2H3,(H,27,28)/t13-/m1/s1. The molecule has 0 amide bonds. The van der Waals surface area contributed by atoms with E-state index in [1.165, 1.54) is 16.9 Å². The van der Waals surface area contributed by atoms with Crippen LogP contribution in [0.4, 0.5) is 13.2 Å². The van der Waals surface area contributed by atoms with Gasteiger partial charge in [-0.2, -0.15) is 21.6 Å². The Morgan fingerprint density at radius 1 is 1.28 bits per heavy atom. The van der Waals surface area contributed by atoms with E-state index in [4.69, 9.17) is 11.6 Å². The zero-order chi connectivity index (χ0) is 23.8. The molecule has 1 aromatic carbocycles. The van der Waals surface area contributed by atoms with Crippen LogP contribution in [0.5, 0.6) is 5.75 Å². The van der Waals surface area contributed by atoms with Gasteiger partial charge in [-0.3, -0.25) is 14.5 Å². The van der Waals surface area contributed by atoms with Crippen LogP contribution in [0.2, 0.25) is 5.02 Å². The van der Waals surface area contributed by atoms with Gasteiger partial charge in [-0.1, -0.05) is 11.6 Å². The fraction of sp³-hybridized carbons (Fsp3) is 0.368. The summed E-state index contributed by atoms with van der Waals surface area (Å²) in [4.78, 5) is 23.9. The molecule has 2 aromatic rings. The minimum atomic E-state index is -5.95. The zero-order valence-corrected chi connectivity index (χ0v) is 18.2. The van der Waals surface area contributed by atoms with Gasteiger partial charge in [0.25, 0.3) is 0 Å².